The van der Waals surface area contributed by atoms with Gasteiger partial charge in [-0.3, -0.25) is 9.80 Å². The molecule has 6 nitrogen and oxygen atoms in total. The quantitative estimate of drug-likeness (QED) is 0.767. The van der Waals surface area contributed by atoms with Crippen molar-refractivity contribution in [3.05, 3.63) is 35.7 Å². The van der Waals surface area contributed by atoms with Gasteiger partial charge in [-0.2, -0.15) is 18.2 Å². The Bertz CT molecular complexity index is 736. The third-order valence-corrected chi connectivity index (χ3v) is 4.65. The molecule has 0 aliphatic carbocycles. The number of alkyl halides is 3. The molecule has 1 aliphatic heterocycles. The first-order valence-corrected chi connectivity index (χ1v) is 8.56. The van der Waals surface area contributed by atoms with Crippen LogP contribution in [-0.2, 0) is 6.18 Å². The number of hydrogen-bond donors (Lipinski definition) is 1. The van der Waals surface area contributed by atoms with E-state index in [0.29, 0.717) is 12.4 Å². The third-order valence-electron chi connectivity index (χ3n) is 4.65. The fourth-order valence-corrected chi connectivity index (χ4v) is 3.07. The highest BCUT2D eigenvalue weighted by atomic mass is 35.5. The number of nitrogens with two attached hydrogens (primary N) is 1. The van der Waals surface area contributed by atoms with Crippen molar-refractivity contribution in [2.75, 3.05) is 39.3 Å². The van der Waals surface area contributed by atoms with E-state index in [0.717, 1.165) is 44.9 Å². The first-order valence-electron chi connectivity index (χ1n) is 8.56. The van der Waals surface area contributed by atoms with Crippen LogP contribution in [0.15, 0.2) is 28.8 Å². The largest absolute Gasteiger partial charge is 0.416 e. The molecule has 1 aliphatic rings. The highest BCUT2D eigenvalue weighted by Crippen LogP contribution is 2.32. The summed E-state index contributed by atoms with van der Waals surface area (Å²) in [5, 5.41) is 3.86. The molecule has 28 heavy (non-hydrogen) atoms. The van der Waals surface area contributed by atoms with Crippen molar-refractivity contribution in [3.63, 3.8) is 0 Å². The minimum Gasteiger partial charge on any atom is -0.337 e. The molecule has 1 unspecified atom stereocenters. The summed E-state index contributed by atoms with van der Waals surface area (Å²) in [4.78, 5) is 8.83. The van der Waals surface area contributed by atoms with Crippen LogP contribution in [-0.4, -0.2) is 59.2 Å². The summed E-state index contributed by atoms with van der Waals surface area (Å²) in [6.07, 6.45) is -4.40. The van der Waals surface area contributed by atoms with Crippen molar-refractivity contribution >= 4 is 24.8 Å². The molecule has 1 fully saturated rings. The van der Waals surface area contributed by atoms with Gasteiger partial charge in [-0.25, -0.2) is 0 Å². The van der Waals surface area contributed by atoms with Crippen molar-refractivity contribution in [1.29, 1.82) is 0 Å². The lowest BCUT2D eigenvalue weighted by molar-refractivity contribution is -0.137. The lowest BCUT2D eigenvalue weighted by Gasteiger charge is -2.36. The number of rotatable bonds is 5. The van der Waals surface area contributed by atoms with Crippen LogP contribution in [0.25, 0.3) is 11.4 Å². The molecule has 3 rings (SSSR count). The summed E-state index contributed by atoms with van der Waals surface area (Å²) < 4.78 is 43.9. The maximum Gasteiger partial charge on any atom is 0.416 e. The Balaban J connectivity index is 0.00000196. The molecule has 1 atom stereocenters. The van der Waals surface area contributed by atoms with E-state index in [1.165, 1.54) is 6.07 Å². The van der Waals surface area contributed by atoms with Crippen LogP contribution in [0.3, 0.4) is 0 Å². The minimum absolute atomic E-state index is 0. The van der Waals surface area contributed by atoms with Gasteiger partial charge in [0.25, 0.3) is 0 Å². The Morgan fingerprint density at radius 2 is 1.86 bits per heavy atom. The van der Waals surface area contributed by atoms with E-state index in [1.807, 2.05) is 6.92 Å². The highest BCUT2D eigenvalue weighted by Gasteiger charge is 2.31. The molecular weight excluding hydrogens is 418 g/mol. The van der Waals surface area contributed by atoms with Gasteiger partial charge >= 0.3 is 6.18 Å². The molecule has 2 heterocycles. The summed E-state index contributed by atoms with van der Waals surface area (Å²) in [5.74, 6) is 0.574. The zero-order valence-electron chi connectivity index (χ0n) is 15.4. The van der Waals surface area contributed by atoms with Gasteiger partial charge in [0.1, 0.15) is 0 Å². The maximum atomic E-state index is 12.9. The van der Waals surface area contributed by atoms with Crippen LogP contribution in [0, 0.1) is 0 Å². The van der Waals surface area contributed by atoms with Gasteiger partial charge in [0.15, 0.2) is 0 Å². The van der Waals surface area contributed by atoms with Crippen LogP contribution in [0.2, 0.25) is 0 Å². The second-order valence-corrected chi connectivity index (χ2v) is 6.38. The van der Waals surface area contributed by atoms with Crippen LogP contribution in [0.1, 0.15) is 24.4 Å². The van der Waals surface area contributed by atoms with Crippen LogP contribution in [0.4, 0.5) is 13.2 Å². The number of aromatic nitrogens is 2. The van der Waals surface area contributed by atoms with Gasteiger partial charge in [0.05, 0.1) is 11.6 Å². The zero-order chi connectivity index (χ0) is 18.7. The number of halogens is 5. The Morgan fingerprint density at radius 3 is 2.46 bits per heavy atom. The number of hydrogen-bond acceptors (Lipinski definition) is 6. The second kappa shape index (κ2) is 10.4. The van der Waals surface area contributed by atoms with Crippen molar-refractivity contribution in [2.24, 2.45) is 5.73 Å². The molecule has 158 valence electrons. The Hall–Kier alpha value is -1.39. The van der Waals surface area contributed by atoms with E-state index >= 15 is 0 Å². The standard InChI is InChI=1S/C17H22F3N5O.2ClH/c1-12(25-9-7-24(6-5-21)8-10-25)16-22-15(23-26-16)13-3-2-4-14(11-13)17(18,19)20;;/h2-4,11-12H,5-10,21H2,1H3;2*1H. The minimum atomic E-state index is -4.40. The van der Waals surface area contributed by atoms with Gasteiger partial charge in [0.2, 0.25) is 11.7 Å². The summed E-state index contributed by atoms with van der Waals surface area (Å²) in [6, 6.07) is 4.84. The average Bonchev–Trinajstić information content (AvgIpc) is 3.12. The van der Waals surface area contributed by atoms with E-state index in [-0.39, 0.29) is 42.2 Å². The van der Waals surface area contributed by atoms with E-state index in [9.17, 15) is 13.2 Å². The summed E-state index contributed by atoms with van der Waals surface area (Å²) >= 11 is 0. The topological polar surface area (TPSA) is 71.4 Å². The molecule has 1 aromatic heterocycles. The SMILES string of the molecule is CC(c1nc(-c2cccc(C(F)(F)F)c2)no1)N1CCN(CCN)CC1.Cl.Cl. The Kier molecular flexibility index (Phi) is 9.16. The van der Waals surface area contributed by atoms with E-state index in [4.69, 9.17) is 10.3 Å². The van der Waals surface area contributed by atoms with Crippen LogP contribution >= 0.6 is 24.8 Å². The first-order chi connectivity index (χ1) is 12.4. The summed E-state index contributed by atoms with van der Waals surface area (Å²) in [5.41, 5.74) is 5.14. The predicted molar refractivity (Wildman–Crippen MR) is 105 cm³/mol. The maximum absolute atomic E-state index is 12.9. The number of benzene rings is 1. The fraction of sp³-hybridized carbons (Fsp3) is 0.529. The van der Waals surface area contributed by atoms with Gasteiger partial charge in [-0.15, -0.1) is 24.8 Å². The summed E-state index contributed by atoms with van der Waals surface area (Å²) in [6.45, 7) is 7.00. The second-order valence-electron chi connectivity index (χ2n) is 6.38. The van der Waals surface area contributed by atoms with E-state index < -0.39 is 11.7 Å². The average molecular weight is 442 g/mol. The van der Waals surface area contributed by atoms with Gasteiger partial charge in [0, 0.05) is 44.8 Å². The normalized spacial score (nSPS) is 16.9. The molecule has 0 radical (unpaired) electrons. The molecule has 0 bridgehead atoms. The molecule has 2 N–H and O–H groups in total. The van der Waals surface area contributed by atoms with E-state index in [1.54, 1.807) is 6.07 Å². The number of piperazine rings is 1. The summed E-state index contributed by atoms with van der Waals surface area (Å²) in [7, 11) is 0. The Labute approximate surface area is 174 Å². The molecule has 0 spiro atoms. The molecule has 0 amide bonds. The van der Waals surface area contributed by atoms with E-state index in [2.05, 4.69) is 19.9 Å². The van der Waals surface area contributed by atoms with Crippen molar-refractivity contribution in [2.45, 2.75) is 19.1 Å². The molecular formula is C17H24Cl2F3N5O. The zero-order valence-corrected chi connectivity index (χ0v) is 17.0. The van der Waals surface area contributed by atoms with Gasteiger partial charge in [-0.1, -0.05) is 17.3 Å². The molecule has 2 aromatic rings. The molecule has 11 heteroatoms. The van der Waals surface area contributed by atoms with Crippen molar-refractivity contribution in [3.8, 4) is 11.4 Å². The smallest absolute Gasteiger partial charge is 0.337 e. The monoisotopic (exact) mass is 441 g/mol. The molecule has 1 aromatic carbocycles. The number of nitrogens with zero attached hydrogens (tertiary/aromatic N) is 4. The first kappa shape index (κ1) is 24.6. The van der Waals surface area contributed by atoms with Crippen LogP contribution < -0.4 is 5.73 Å². The fourth-order valence-electron chi connectivity index (χ4n) is 3.07. The molecule has 0 saturated carbocycles. The Morgan fingerprint density at radius 1 is 1.18 bits per heavy atom. The lowest BCUT2D eigenvalue weighted by Crippen LogP contribution is -2.48. The third kappa shape index (κ3) is 5.81. The molecule has 1 saturated heterocycles. The van der Waals surface area contributed by atoms with Gasteiger partial charge < -0.3 is 10.3 Å². The van der Waals surface area contributed by atoms with Crippen molar-refractivity contribution in [1.82, 2.24) is 19.9 Å². The highest BCUT2D eigenvalue weighted by molar-refractivity contribution is 5.85. The predicted octanol–water partition coefficient (Wildman–Crippen LogP) is 3.24. The van der Waals surface area contributed by atoms with Crippen molar-refractivity contribution < 1.29 is 17.7 Å². The van der Waals surface area contributed by atoms with Gasteiger partial charge in [-0.05, 0) is 19.1 Å². The van der Waals surface area contributed by atoms with Crippen LogP contribution in [0.5, 0.6) is 0 Å². The lowest BCUT2D eigenvalue weighted by atomic mass is 10.1.